The number of rotatable bonds is 26. The number of carbonyl (C=O) groups excluding carboxylic acids is 3. The first-order chi connectivity index (χ1) is 18.0. The lowest BCUT2D eigenvalue weighted by Crippen LogP contribution is -2.30. The molecule has 0 rings (SSSR count). The number of esters is 1. The average molecular weight is 541 g/mol. The van der Waals surface area contributed by atoms with E-state index in [4.69, 9.17) is 4.74 Å². The summed E-state index contributed by atoms with van der Waals surface area (Å²) in [7, 11) is 4.06. The molecule has 0 saturated carbocycles. The molecule has 0 aromatic carbocycles. The third-order valence-electron chi connectivity index (χ3n) is 6.31. The molecule has 0 atom stereocenters. The van der Waals surface area contributed by atoms with Crippen LogP contribution in [0.1, 0.15) is 116 Å². The van der Waals surface area contributed by atoms with Gasteiger partial charge in [0, 0.05) is 38.2 Å². The highest BCUT2D eigenvalue weighted by atomic mass is 32.2. The zero-order valence-corrected chi connectivity index (χ0v) is 25.0. The molecule has 0 radical (unpaired) electrons. The lowest BCUT2D eigenvalue weighted by molar-refractivity contribution is -0.142. The Hall–Kier alpha value is -1.34. The molecule has 0 N–H and O–H groups in total. The quantitative estimate of drug-likeness (QED) is 0.0486. The largest absolute Gasteiger partial charge is 0.461 e. The Kier molecular flexibility index (Phi) is 26.7. The van der Waals surface area contributed by atoms with Gasteiger partial charge < -0.3 is 19.3 Å². The molecule has 6 nitrogen and oxygen atoms in total. The summed E-state index contributed by atoms with van der Waals surface area (Å²) in [5.41, 5.74) is 0. The smallest absolute Gasteiger partial charge is 0.306 e. The van der Waals surface area contributed by atoms with E-state index < -0.39 is 0 Å². The molecule has 0 aliphatic rings. The number of aldehydes is 1. The molecule has 1 amide bonds. The summed E-state index contributed by atoms with van der Waals surface area (Å²) in [6, 6.07) is 0. The first-order valence-electron chi connectivity index (χ1n) is 14.8. The average Bonchev–Trinajstić information content (AvgIpc) is 2.87. The lowest BCUT2D eigenvalue weighted by Gasteiger charge is -2.22. The fraction of sp³-hybridized carbons (Fsp3) is 0.833. The number of allylic oxidation sites excluding steroid dienone is 1. The van der Waals surface area contributed by atoms with Crippen LogP contribution < -0.4 is 0 Å². The minimum Gasteiger partial charge on any atom is -0.461 e. The minimum atomic E-state index is -0.103. The fourth-order valence-corrected chi connectivity index (χ4v) is 4.95. The zero-order valence-electron chi connectivity index (χ0n) is 24.2. The van der Waals surface area contributed by atoms with Gasteiger partial charge in [0.25, 0.3) is 5.24 Å². The molecule has 37 heavy (non-hydrogen) atoms. The van der Waals surface area contributed by atoms with Crippen molar-refractivity contribution < 1.29 is 19.1 Å². The summed E-state index contributed by atoms with van der Waals surface area (Å²) < 4.78 is 5.29. The van der Waals surface area contributed by atoms with Crippen molar-refractivity contribution in [2.24, 2.45) is 0 Å². The predicted octanol–water partition coefficient (Wildman–Crippen LogP) is 7.65. The number of carbonyl (C=O) groups is 3. The molecule has 0 heterocycles. The van der Waals surface area contributed by atoms with Crippen molar-refractivity contribution in [1.82, 2.24) is 9.80 Å². The maximum Gasteiger partial charge on any atom is 0.306 e. The molecule has 0 fully saturated rings. The Morgan fingerprint density at radius 1 is 0.730 bits per heavy atom. The van der Waals surface area contributed by atoms with E-state index in [0.717, 1.165) is 102 Å². The molecular formula is C30H56N2O4S. The molecule has 0 aromatic rings. The Balaban J connectivity index is 3.98. The van der Waals surface area contributed by atoms with Crippen molar-refractivity contribution in [3.05, 3.63) is 12.2 Å². The van der Waals surface area contributed by atoms with Crippen LogP contribution in [0.5, 0.6) is 0 Å². The Bertz CT molecular complexity index is 584. The van der Waals surface area contributed by atoms with Crippen molar-refractivity contribution in [3.8, 4) is 0 Å². The molecule has 0 aliphatic carbocycles. The normalized spacial score (nSPS) is 11.4. The van der Waals surface area contributed by atoms with E-state index in [1.807, 2.05) is 25.1 Å². The van der Waals surface area contributed by atoms with Crippen LogP contribution in [0.4, 0.5) is 4.79 Å². The first-order valence-corrected chi connectivity index (χ1v) is 15.8. The lowest BCUT2D eigenvalue weighted by atomic mass is 10.1. The second-order valence-corrected chi connectivity index (χ2v) is 11.2. The molecule has 7 heteroatoms. The van der Waals surface area contributed by atoms with Gasteiger partial charge in [-0.2, -0.15) is 0 Å². The van der Waals surface area contributed by atoms with Crippen molar-refractivity contribution in [1.29, 1.82) is 0 Å². The zero-order chi connectivity index (χ0) is 27.4. The highest BCUT2D eigenvalue weighted by Crippen LogP contribution is 2.14. The number of unbranched alkanes of at least 4 members (excludes halogenated alkanes) is 13. The highest BCUT2D eigenvalue weighted by Gasteiger charge is 2.13. The first kappa shape index (κ1) is 35.7. The monoisotopic (exact) mass is 540 g/mol. The summed E-state index contributed by atoms with van der Waals surface area (Å²) in [5.74, 6) is 0.715. The Morgan fingerprint density at radius 2 is 1.32 bits per heavy atom. The van der Waals surface area contributed by atoms with Gasteiger partial charge >= 0.3 is 5.97 Å². The van der Waals surface area contributed by atoms with E-state index in [2.05, 4.69) is 17.9 Å². The topological polar surface area (TPSA) is 66.9 Å². The van der Waals surface area contributed by atoms with Gasteiger partial charge in [-0.25, -0.2) is 0 Å². The number of hydrogen-bond donors (Lipinski definition) is 0. The minimum absolute atomic E-state index is 0.103. The molecular weight excluding hydrogens is 484 g/mol. The van der Waals surface area contributed by atoms with Gasteiger partial charge in [-0.1, -0.05) is 88.6 Å². The van der Waals surface area contributed by atoms with Gasteiger partial charge in [0.2, 0.25) is 0 Å². The van der Waals surface area contributed by atoms with Crippen LogP contribution >= 0.6 is 11.8 Å². The molecule has 0 spiro atoms. The number of amides is 1. The molecule has 0 saturated heterocycles. The summed E-state index contributed by atoms with van der Waals surface area (Å²) >= 11 is 1.43. The summed E-state index contributed by atoms with van der Waals surface area (Å²) in [6.45, 7) is 5.14. The van der Waals surface area contributed by atoms with Crippen LogP contribution in [0, 0.1) is 0 Å². The second kappa shape index (κ2) is 27.7. The molecule has 0 aromatic heterocycles. The fourth-order valence-electron chi connectivity index (χ4n) is 3.95. The van der Waals surface area contributed by atoms with E-state index in [1.54, 1.807) is 0 Å². The maximum atomic E-state index is 12.7. The summed E-state index contributed by atoms with van der Waals surface area (Å²) in [6.07, 6.45) is 22.7. The van der Waals surface area contributed by atoms with Gasteiger partial charge in [0.05, 0.1) is 0 Å². The van der Waals surface area contributed by atoms with Crippen LogP contribution in [0.3, 0.4) is 0 Å². The number of hydrogen-bond acceptors (Lipinski definition) is 6. The number of ether oxygens (including phenoxy) is 1. The van der Waals surface area contributed by atoms with Crippen LogP contribution in [0.2, 0.25) is 0 Å². The number of nitrogens with zero attached hydrogens (tertiary/aromatic N) is 2. The molecule has 0 bridgehead atoms. The van der Waals surface area contributed by atoms with Gasteiger partial charge in [0.15, 0.2) is 0 Å². The van der Waals surface area contributed by atoms with Gasteiger partial charge in [-0.15, -0.1) is 0 Å². The SMILES string of the molecule is CCCCCC/C=C\COC(=O)CCCCCCCN(CCCCCCCC=O)C(=O)SCCN(C)C. The number of thioether (sulfide) groups is 1. The van der Waals surface area contributed by atoms with E-state index in [0.29, 0.717) is 19.4 Å². The van der Waals surface area contributed by atoms with E-state index >= 15 is 0 Å². The third kappa shape index (κ3) is 26.1. The van der Waals surface area contributed by atoms with Gasteiger partial charge in [0.1, 0.15) is 12.9 Å². The van der Waals surface area contributed by atoms with Crippen molar-refractivity contribution in [2.75, 3.05) is 46.1 Å². The second-order valence-electron chi connectivity index (χ2n) is 10.1. The van der Waals surface area contributed by atoms with Gasteiger partial charge in [-0.3, -0.25) is 9.59 Å². The molecule has 0 unspecified atom stereocenters. The highest BCUT2D eigenvalue weighted by molar-refractivity contribution is 8.13. The van der Waals surface area contributed by atoms with Crippen molar-refractivity contribution >= 4 is 29.3 Å². The van der Waals surface area contributed by atoms with Crippen LogP contribution in [0.15, 0.2) is 12.2 Å². The van der Waals surface area contributed by atoms with Crippen LogP contribution in [-0.4, -0.2) is 73.4 Å². The van der Waals surface area contributed by atoms with Crippen molar-refractivity contribution in [3.63, 3.8) is 0 Å². The van der Waals surface area contributed by atoms with Crippen LogP contribution in [-0.2, 0) is 14.3 Å². The maximum absolute atomic E-state index is 12.7. The standard InChI is InChI=1S/C30H56N2O4S/c1-4-5-6-7-10-16-21-27-36-29(34)22-17-12-11-14-19-24-32(30(35)37-28-25-31(2)3)23-18-13-8-9-15-20-26-33/h16,21,26H,4-15,17-20,22-25,27-28H2,1-3H3/b21-16-. The predicted molar refractivity (Wildman–Crippen MR) is 158 cm³/mol. The van der Waals surface area contributed by atoms with Crippen LogP contribution in [0.25, 0.3) is 0 Å². The molecule has 216 valence electrons. The van der Waals surface area contributed by atoms with Crippen molar-refractivity contribution in [2.45, 2.75) is 116 Å². The Morgan fingerprint density at radius 3 is 1.97 bits per heavy atom. The van der Waals surface area contributed by atoms with E-state index in [1.165, 1.54) is 37.4 Å². The van der Waals surface area contributed by atoms with Gasteiger partial charge in [-0.05, 0) is 52.6 Å². The summed E-state index contributed by atoms with van der Waals surface area (Å²) in [5, 5.41) is 0.195. The van der Waals surface area contributed by atoms with E-state index in [9.17, 15) is 14.4 Å². The third-order valence-corrected chi connectivity index (χ3v) is 7.20. The summed E-state index contributed by atoms with van der Waals surface area (Å²) in [4.78, 5) is 39.2. The van der Waals surface area contributed by atoms with E-state index in [-0.39, 0.29) is 11.2 Å². The molecule has 0 aliphatic heterocycles. The Labute approximate surface area is 232 Å².